The number of hydrogen-bond donors (Lipinski definition) is 2. The quantitative estimate of drug-likeness (QED) is 0.602. The fourth-order valence-electron chi connectivity index (χ4n) is 1.66. The molecule has 0 aliphatic heterocycles. The summed E-state index contributed by atoms with van der Waals surface area (Å²) in [5.41, 5.74) is 10.9. The predicted octanol–water partition coefficient (Wildman–Crippen LogP) is -0.760. The van der Waals surface area contributed by atoms with Crippen molar-refractivity contribution in [3.8, 4) is 0 Å². The molecular weight excluding hydrogens is 176 g/mol. The summed E-state index contributed by atoms with van der Waals surface area (Å²) in [6.45, 7) is 0.374. The summed E-state index contributed by atoms with van der Waals surface area (Å²) in [5, 5.41) is -0.272. The molecule has 1 fully saturated rings. The van der Waals surface area contributed by atoms with Gasteiger partial charge in [-0.15, -0.1) is 0 Å². The van der Waals surface area contributed by atoms with Gasteiger partial charge < -0.3 is 11.5 Å². The third-order valence-electron chi connectivity index (χ3n) is 2.61. The normalized spacial score (nSPS) is 37.1. The second-order valence-electron chi connectivity index (χ2n) is 3.76. The van der Waals surface area contributed by atoms with Crippen molar-refractivity contribution in [2.75, 3.05) is 12.8 Å². The first-order chi connectivity index (χ1) is 5.37. The Labute approximate surface area is 73.2 Å². The maximum absolute atomic E-state index is 11.1. The summed E-state index contributed by atoms with van der Waals surface area (Å²) in [4.78, 5) is 0. The molecule has 0 radical (unpaired) electrons. The van der Waals surface area contributed by atoms with Crippen molar-refractivity contribution < 1.29 is 8.42 Å². The zero-order chi connectivity index (χ0) is 9.41. The molecule has 1 rings (SSSR count). The zero-order valence-corrected chi connectivity index (χ0v) is 8.10. The molecule has 12 heavy (non-hydrogen) atoms. The lowest BCUT2D eigenvalue weighted by Crippen LogP contribution is -2.45. The van der Waals surface area contributed by atoms with Crippen LogP contribution in [0.25, 0.3) is 0 Å². The van der Waals surface area contributed by atoms with Crippen LogP contribution in [0.15, 0.2) is 0 Å². The van der Waals surface area contributed by atoms with Crippen LogP contribution in [0, 0.1) is 0 Å². The van der Waals surface area contributed by atoms with Crippen molar-refractivity contribution in [3.05, 3.63) is 0 Å². The topological polar surface area (TPSA) is 86.2 Å². The Balaban J connectivity index is 2.70. The molecule has 0 bridgehead atoms. The Kier molecular flexibility index (Phi) is 2.47. The van der Waals surface area contributed by atoms with Crippen molar-refractivity contribution in [2.24, 2.45) is 11.5 Å². The molecule has 0 heterocycles. The van der Waals surface area contributed by atoms with Gasteiger partial charge in [0.05, 0.1) is 5.25 Å². The summed E-state index contributed by atoms with van der Waals surface area (Å²) >= 11 is 0. The van der Waals surface area contributed by atoms with Gasteiger partial charge in [0.25, 0.3) is 0 Å². The highest BCUT2D eigenvalue weighted by atomic mass is 32.2. The Morgan fingerprint density at radius 2 is 2.17 bits per heavy atom. The first-order valence-corrected chi connectivity index (χ1v) is 6.01. The van der Waals surface area contributed by atoms with Gasteiger partial charge in [-0.3, -0.25) is 0 Å². The average Bonchev–Trinajstić information content (AvgIpc) is 2.32. The van der Waals surface area contributed by atoms with E-state index in [1.165, 1.54) is 6.26 Å². The molecule has 0 amide bonds. The van der Waals surface area contributed by atoms with E-state index < -0.39 is 15.4 Å². The van der Waals surface area contributed by atoms with Crippen LogP contribution in [0.1, 0.15) is 19.3 Å². The summed E-state index contributed by atoms with van der Waals surface area (Å²) < 4.78 is 22.3. The van der Waals surface area contributed by atoms with Crippen molar-refractivity contribution in [1.82, 2.24) is 0 Å². The molecule has 0 saturated heterocycles. The van der Waals surface area contributed by atoms with Gasteiger partial charge in [0.1, 0.15) is 9.84 Å². The summed E-state index contributed by atoms with van der Waals surface area (Å²) in [6.07, 6.45) is 3.16. The average molecular weight is 192 g/mol. The van der Waals surface area contributed by atoms with Gasteiger partial charge in [-0.05, 0) is 19.3 Å². The highest BCUT2D eigenvalue weighted by Crippen LogP contribution is 2.30. The van der Waals surface area contributed by atoms with Crippen LogP contribution < -0.4 is 11.5 Å². The molecule has 0 aromatic rings. The second kappa shape index (κ2) is 2.97. The van der Waals surface area contributed by atoms with E-state index >= 15 is 0 Å². The molecule has 1 saturated carbocycles. The maximum atomic E-state index is 11.1. The van der Waals surface area contributed by atoms with Crippen LogP contribution in [0.3, 0.4) is 0 Å². The van der Waals surface area contributed by atoms with Gasteiger partial charge in [-0.25, -0.2) is 8.42 Å². The molecule has 0 aromatic heterocycles. The van der Waals surface area contributed by atoms with Gasteiger partial charge in [0.15, 0.2) is 0 Å². The SMILES string of the molecule is CS(=O)(=O)[C@@H]1CC[C@@](N)(CN)C1. The van der Waals surface area contributed by atoms with Crippen LogP contribution in [0.2, 0.25) is 0 Å². The third kappa shape index (κ3) is 1.97. The minimum Gasteiger partial charge on any atom is -0.329 e. The number of hydrogen-bond acceptors (Lipinski definition) is 4. The van der Waals surface area contributed by atoms with E-state index in [0.717, 1.165) is 6.42 Å². The largest absolute Gasteiger partial charge is 0.329 e. The van der Waals surface area contributed by atoms with E-state index in [2.05, 4.69) is 0 Å². The molecule has 72 valence electrons. The molecule has 1 aliphatic rings. The maximum Gasteiger partial charge on any atom is 0.150 e. The number of nitrogens with two attached hydrogens (primary N) is 2. The van der Waals surface area contributed by atoms with E-state index in [4.69, 9.17) is 11.5 Å². The van der Waals surface area contributed by atoms with E-state index in [-0.39, 0.29) is 5.25 Å². The van der Waals surface area contributed by atoms with Gasteiger partial charge in [-0.2, -0.15) is 0 Å². The molecule has 2 atom stereocenters. The molecule has 5 heteroatoms. The van der Waals surface area contributed by atoms with Crippen LogP contribution in [-0.4, -0.2) is 32.0 Å². The van der Waals surface area contributed by atoms with Crippen molar-refractivity contribution in [2.45, 2.75) is 30.1 Å². The fourth-order valence-corrected chi connectivity index (χ4v) is 2.84. The summed E-state index contributed by atoms with van der Waals surface area (Å²) in [5.74, 6) is 0. The molecule has 4 nitrogen and oxygen atoms in total. The van der Waals surface area contributed by atoms with Crippen LogP contribution in [-0.2, 0) is 9.84 Å². The van der Waals surface area contributed by atoms with E-state index in [1.54, 1.807) is 0 Å². The van der Waals surface area contributed by atoms with Gasteiger partial charge in [0.2, 0.25) is 0 Å². The highest BCUT2D eigenvalue weighted by Gasteiger charge is 2.39. The Hall–Kier alpha value is -0.130. The van der Waals surface area contributed by atoms with Crippen molar-refractivity contribution >= 4 is 9.84 Å². The molecule has 0 unspecified atom stereocenters. The minimum absolute atomic E-state index is 0.272. The standard InChI is InChI=1S/C7H16N2O2S/c1-12(10,11)6-2-3-7(9,4-6)5-8/h6H,2-5,8-9H2,1H3/t6-,7+/m1/s1. The lowest BCUT2D eigenvalue weighted by Gasteiger charge is -2.20. The fraction of sp³-hybridized carbons (Fsp3) is 1.00. The van der Waals surface area contributed by atoms with E-state index in [0.29, 0.717) is 19.4 Å². The van der Waals surface area contributed by atoms with Crippen molar-refractivity contribution in [3.63, 3.8) is 0 Å². The summed E-state index contributed by atoms with van der Waals surface area (Å²) in [7, 11) is -2.92. The Bertz CT molecular complexity index is 263. The predicted molar refractivity (Wildman–Crippen MR) is 48.5 cm³/mol. The molecule has 4 N–H and O–H groups in total. The van der Waals surface area contributed by atoms with Gasteiger partial charge in [0, 0.05) is 18.3 Å². The molecular formula is C7H16N2O2S. The number of sulfone groups is 1. The first-order valence-electron chi connectivity index (χ1n) is 4.05. The smallest absolute Gasteiger partial charge is 0.150 e. The monoisotopic (exact) mass is 192 g/mol. The third-order valence-corrected chi connectivity index (χ3v) is 4.22. The van der Waals surface area contributed by atoms with Crippen LogP contribution >= 0.6 is 0 Å². The molecule has 0 aromatic carbocycles. The highest BCUT2D eigenvalue weighted by molar-refractivity contribution is 7.91. The van der Waals surface area contributed by atoms with Gasteiger partial charge >= 0.3 is 0 Å². The summed E-state index contributed by atoms with van der Waals surface area (Å²) in [6, 6.07) is 0. The zero-order valence-electron chi connectivity index (χ0n) is 7.29. The first kappa shape index (κ1) is 9.95. The Morgan fingerprint density at radius 1 is 1.58 bits per heavy atom. The lowest BCUT2D eigenvalue weighted by atomic mass is 10.0. The van der Waals surface area contributed by atoms with E-state index in [1.807, 2.05) is 0 Å². The Morgan fingerprint density at radius 3 is 2.42 bits per heavy atom. The van der Waals surface area contributed by atoms with Crippen molar-refractivity contribution in [1.29, 1.82) is 0 Å². The van der Waals surface area contributed by atoms with E-state index in [9.17, 15) is 8.42 Å². The van der Waals surface area contributed by atoms with Gasteiger partial charge in [-0.1, -0.05) is 0 Å². The van der Waals surface area contributed by atoms with Crippen LogP contribution in [0.4, 0.5) is 0 Å². The molecule has 0 spiro atoms. The number of rotatable bonds is 2. The minimum atomic E-state index is -2.92. The lowest BCUT2D eigenvalue weighted by molar-refractivity contribution is 0.450. The molecule has 1 aliphatic carbocycles. The van der Waals surface area contributed by atoms with Crippen LogP contribution in [0.5, 0.6) is 0 Å². The second-order valence-corrected chi connectivity index (χ2v) is 6.09.